The average Bonchev–Trinajstić information content (AvgIpc) is 3.56. The minimum atomic E-state index is -0.814. The number of thiazole rings is 1. The molecule has 4 nitrogen and oxygen atoms in total. The lowest BCUT2D eigenvalue weighted by Gasteiger charge is -2.39. The predicted octanol–water partition coefficient (Wildman–Crippen LogP) is 9.83. The van der Waals surface area contributed by atoms with Crippen LogP contribution in [0.3, 0.4) is 0 Å². The number of benzene rings is 3. The molecule has 0 saturated carbocycles. The molecule has 1 aromatic heterocycles. The Morgan fingerprint density at radius 1 is 0.905 bits per heavy atom. The van der Waals surface area contributed by atoms with Crippen LogP contribution in [0.4, 0.5) is 4.79 Å². The summed E-state index contributed by atoms with van der Waals surface area (Å²) < 4.78 is 0. The number of aromatic nitrogens is 1. The number of amides is 1. The Bertz CT molecular complexity index is 1550. The summed E-state index contributed by atoms with van der Waals surface area (Å²) in [5.41, 5.74) is 10.2. The summed E-state index contributed by atoms with van der Waals surface area (Å²) in [6.45, 7) is 14.1. The molecule has 2 atom stereocenters. The number of likely N-dealkylation sites (tertiary alicyclic amines) is 1. The molecule has 1 aliphatic carbocycles. The fourth-order valence-corrected chi connectivity index (χ4v) is 7.69. The van der Waals surface area contributed by atoms with Gasteiger partial charge in [-0.05, 0) is 75.6 Å². The average molecular weight is 579 g/mol. The molecule has 4 aromatic rings. The van der Waals surface area contributed by atoms with Crippen molar-refractivity contribution in [3.63, 3.8) is 0 Å². The minimum Gasteiger partial charge on any atom is -0.465 e. The molecule has 218 valence electrons. The van der Waals surface area contributed by atoms with Gasteiger partial charge in [0.05, 0.1) is 5.69 Å². The molecule has 2 aliphatic rings. The number of carbonyl (C=O) groups is 1. The first-order chi connectivity index (χ1) is 19.9. The van der Waals surface area contributed by atoms with Crippen molar-refractivity contribution in [1.82, 2.24) is 9.88 Å². The molecule has 0 radical (unpaired) electrons. The zero-order valence-electron chi connectivity index (χ0n) is 25.6. The Morgan fingerprint density at radius 2 is 1.48 bits per heavy atom. The van der Waals surface area contributed by atoms with Crippen molar-refractivity contribution in [3.8, 4) is 21.7 Å². The number of fused-ring (bicyclic) bond motifs is 3. The van der Waals surface area contributed by atoms with Gasteiger partial charge in [0, 0.05) is 35.4 Å². The van der Waals surface area contributed by atoms with Crippen molar-refractivity contribution in [3.05, 3.63) is 100 Å². The van der Waals surface area contributed by atoms with E-state index < -0.39 is 6.09 Å². The van der Waals surface area contributed by atoms with Crippen LogP contribution in [0.5, 0.6) is 0 Å². The van der Waals surface area contributed by atoms with Gasteiger partial charge in [-0.1, -0.05) is 96.1 Å². The second kappa shape index (κ2) is 10.7. The second-order valence-electron chi connectivity index (χ2n) is 14.2. The maximum absolute atomic E-state index is 12.4. The third-order valence-electron chi connectivity index (χ3n) is 9.28. The van der Waals surface area contributed by atoms with Crippen molar-refractivity contribution < 1.29 is 9.90 Å². The van der Waals surface area contributed by atoms with Gasteiger partial charge in [-0.25, -0.2) is 9.78 Å². The molecule has 5 heteroatoms. The molecule has 42 heavy (non-hydrogen) atoms. The molecule has 0 bridgehead atoms. The van der Waals surface area contributed by atoms with Crippen LogP contribution in [0, 0.1) is 0 Å². The summed E-state index contributed by atoms with van der Waals surface area (Å²) in [6, 6.07) is 24.1. The normalized spacial score (nSPS) is 19.0. The first-order valence-corrected chi connectivity index (χ1v) is 16.1. The van der Waals surface area contributed by atoms with E-state index in [9.17, 15) is 9.90 Å². The van der Waals surface area contributed by atoms with E-state index in [1.165, 1.54) is 38.9 Å². The molecule has 1 saturated heterocycles. The molecular weight excluding hydrogens is 536 g/mol. The van der Waals surface area contributed by atoms with E-state index in [2.05, 4.69) is 114 Å². The van der Waals surface area contributed by atoms with Crippen LogP contribution in [-0.2, 0) is 10.8 Å². The zero-order valence-corrected chi connectivity index (χ0v) is 26.5. The zero-order chi connectivity index (χ0) is 29.8. The van der Waals surface area contributed by atoms with Crippen molar-refractivity contribution in [2.45, 2.75) is 89.5 Å². The van der Waals surface area contributed by atoms with Crippen molar-refractivity contribution in [2.75, 3.05) is 6.54 Å². The Morgan fingerprint density at radius 3 is 2.02 bits per heavy atom. The van der Waals surface area contributed by atoms with Crippen molar-refractivity contribution in [2.24, 2.45) is 0 Å². The fourth-order valence-electron chi connectivity index (χ4n) is 6.80. The number of piperidine rings is 1. The van der Waals surface area contributed by atoms with E-state index in [1.54, 1.807) is 16.2 Å². The third-order valence-corrected chi connectivity index (χ3v) is 10.2. The van der Waals surface area contributed by atoms with Crippen LogP contribution < -0.4 is 0 Å². The van der Waals surface area contributed by atoms with Crippen LogP contribution in [0.1, 0.15) is 101 Å². The van der Waals surface area contributed by atoms with Gasteiger partial charge in [-0.2, -0.15) is 0 Å². The smallest absolute Gasteiger partial charge is 0.407 e. The fraction of sp³-hybridized carbons (Fsp3) is 0.405. The molecule has 6 rings (SSSR count). The maximum Gasteiger partial charge on any atom is 0.407 e. The number of rotatable bonds is 4. The lowest BCUT2D eigenvalue weighted by Crippen LogP contribution is -2.45. The number of nitrogens with zero attached hydrogens (tertiary/aromatic N) is 2. The standard InChI is InChI=1S/C37H42N2O2S/c1-36(2,3)25-17-24(18-26(20-25)37(4,5)6)34-38-33(22-42-34)23-15-16-39(35(40)41)27(19-23)21-32-30-13-9-7-11-28(30)29-12-8-10-14-31(29)32/h7-14,17-18,20,22-23,27,32H,15-16,19,21H2,1-6H3,(H,40,41). The lowest BCUT2D eigenvalue weighted by atomic mass is 9.79. The molecular formula is C37H42N2O2S. The highest BCUT2D eigenvalue weighted by Crippen LogP contribution is 2.48. The van der Waals surface area contributed by atoms with Gasteiger partial charge >= 0.3 is 6.09 Å². The first kappa shape index (κ1) is 28.7. The summed E-state index contributed by atoms with van der Waals surface area (Å²) in [6.07, 6.45) is 1.58. The van der Waals surface area contributed by atoms with Gasteiger partial charge in [0.1, 0.15) is 5.01 Å². The SMILES string of the molecule is CC(C)(C)c1cc(-c2nc(C3CCN(C(=O)O)C(CC4c5ccccc5-c5ccccc54)C3)cs2)cc(C(C)(C)C)c1. The van der Waals surface area contributed by atoms with Gasteiger partial charge in [0.25, 0.3) is 0 Å². The van der Waals surface area contributed by atoms with Gasteiger partial charge in [-0.15, -0.1) is 11.3 Å². The third kappa shape index (κ3) is 5.40. The molecule has 3 aromatic carbocycles. The van der Waals surface area contributed by atoms with E-state index in [-0.39, 0.29) is 28.7 Å². The van der Waals surface area contributed by atoms with E-state index in [0.29, 0.717) is 6.54 Å². The largest absolute Gasteiger partial charge is 0.465 e. The molecule has 2 heterocycles. The van der Waals surface area contributed by atoms with Crippen LogP contribution in [0.15, 0.2) is 72.1 Å². The van der Waals surface area contributed by atoms with E-state index in [0.717, 1.165) is 30.0 Å². The molecule has 1 aliphatic heterocycles. The Kier molecular flexibility index (Phi) is 7.29. The number of hydrogen-bond acceptors (Lipinski definition) is 3. The summed E-state index contributed by atoms with van der Waals surface area (Å²) in [5, 5.41) is 13.4. The molecule has 1 amide bonds. The van der Waals surface area contributed by atoms with E-state index in [1.807, 2.05) is 0 Å². The van der Waals surface area contributed by atoms with E-state index in [4.69, 9.17) is 4.98 Å². The minimum absolute atomic E-state index is 0.0461. The van der Waals surface area contributed by atoms with Crippen LogP contribution >= 0.6 is 11.3 Å². The summed E-state index contributed by atoms with van der Waals surface area (Å²) in [7, 11) is 0. The van der Waals surface area contributed by atoms with E-state index >= 15 is 0 Å². The Labute approximate surface area is 254 Å². The molecule has 2 unspecified atom stereocenters. The quantitative estimate of drug-likeness (QED) is 0.262. The first-order valence-electron chi connectivity index (χ1n) is 15.2. The summed E-state index contributed by atoms with van der Waals surface area (Å²) in [4.78, 5) is 19.3. The van der Waals surface area contributed by atoms with Gasteiger partial charge in [0.2, 0.25) is 0 Å². The number of hydrogen-bond donors (Lipinski definition) is 1. The predicted molar refractivity (Wildman–Crippen MR) is 174 cm³/mol. The highest BCUT2D eigenvalue weighted by Gasteiger charge is 2.38. The van der Waals surface area contributed by atoms with Gasteiger partial charge in [0.15, 0.2) is 0 Å². The highest BCUT2D eigenvalue weighted by atomic mass is 32.1. The molecule has 0 spiro atoms. The topological polar surface area (TPSA) is 53.4 Å². The van der Waals surface area contributed by atoms with Crippen molar-refractivity contribution >= 4 is 17.4 Å². The molecule has 1 fully saturated rings. The monoisotopic (exact) mass is 578 g/mol. The Hall–Kier alpha value is -3.44. The Balaban J connectivity index is 1.29. The van der Waals surface area contributed by atoms with Crippen molar-refractivity contribution in [1.29, 1.82) is 0 Å². The van der Waals surface area contributed by atoms with Gasteiger partial charge < -0.3 is 10.0 Å². The van der Waals surface area contributed by atoms with Crippen LogP contribution in [-0.4, -0.2) is 33.7 Å². The van der Waals surface area contributed by atoms with Crippen LogP contribution in [0.2, 0.25) is 0 Å². The summed E-state index contributed by atoms with van der Waals surface area (Å²) >= 11 is 1.72. The molecule has 1 N–H and O–H groups in total. The maximum atomic E-state index is 12.4. The summed E-state index contributed by atoms with van der Waals surface area (Å²) in [5.74, 6) is 0.445. The lowest BCUT2D eigenvalue weighted by molar-refractivity contribution is 0.0955. The van der Waals surface area contributed by atoms with Gasteiger partial charge in [-0.3, -0.25) is 0 Å². The van der Waals surface area contributed by atoms with Crippen LogP contribution in [0.25, 0.3) is 21.7 Å². The number of carboxylic acid groups (broad SMARTS) is 1. The second-order valence-corrected chi connectivity index (χ2v) is 15.0. The highest BCUT2D eigenvalue weighted by molar-refractivity contribution is 7.13.